The maximum absolute atomic E-state index is 11.9. The summed E-state index contributed by atoms with van der Waals surface area (Å²) in [6.07, 6.45) is 3.40. The first-order valence-corrected chi connectivity index (χ1v) is 10.1. The van der Waals surface area contributed by atoms with Gasteiger partial charge >= 0.3 is 0 Å². The van der Waals surface area contributed by atoms with Crippen LogP contribution in [0.1, 0.15) is 36.4 Å². The molecule has 0 unspecified atom stereocenters. The van der Waals surface area contributed by atoms with Gasteiger partial charge in [-0.05, 0) is 32.2 Å². The molecule has 146 valence electrons. The number of aliphatic hydroxyl groups is 1. The lowest BCUT2D eigenvalue weighted by Crippen LogP contribution is -2.46. The van der Waals surface area contributed by atoms with Crippen molar-refractivity contribution in [3.63, 3.8) is 0 Å². The van der Waals surface area contributed by atoms with Crippen molar-refractivity contribution in [2.45, 2.75) is 43.9 Å². The predicted octanol–water partition coefficient (Wildman–Crippen LogP) is 1.21. The van der Waals surface area contributed by atoms with Crippen LogP contribution in [0.3, 0.4) is 0 Å². The zero-order valence-corrected chi connectivity index (χ0v) is 16.5. The lowest BCUT2D eigenvalue weighted by molar-refractivity contribution is -0.139. The summed E-state index contributed by atoms with van der Waals surface area (Å²) in [4.78, 5) is 20.8. The Morgan fingerprint density at radius 3 is 2.81 bits per heavy atom. The van der Waals surface area contributed by atoms with Gasteiger partial charge in [-0.15, -0.1) is 11.3 Å². The number of carbonyl (C=O) groups excluding carboxylic acids is 1. The van der Waals surface area contributed by atoms with Crippen molar-refractivity contribution in [1.82, 2.24) is 14.8 Å². The van der Waals surface area contributed by atoms with E-state index >= 15 is 0 Å². The van der Waals surface area contributed by atoms with E-state index in [1.807, 2.05) is 5.38 Å². The van der Waals surface area contributed by atoms with Crippen molar-refractivity contribution in [2.75, 3.05) is 47.1 Å². The van der Waals surface area contributed by atoms with Gasteiger partial charge < -0.3 is 19.5 Å². The third-order valence-corrected chi connectivity index (χ3v) is 6.27. The number of nitrogens with zero attached hydrogens (tertiary/aromatic N) is 3. The fraction of sp³-hybridized carbons (Fsp3) is 0.778. The van der Waals surface area contributed by atoms with E-state index in [2.05, 4.69) is 4.90 Å². The van der Waals surface area contributed by atoms with Gasteiger partial charge in [0.2, 0.25) is 5.91 Å². The van der Waals surface area contributed by atoms with Crippen LogP contribution in [0.15, 0.2) is 5.38 Å². The second-order valence-electron chi connectivity index (χ2n) is 7.19. The summed E-state index contributed by atoms with van der Waals surface area (Å²) < 4.78 is 10.2. The van der Waals surface area contributed by atoms with E-state index in [0.29, 0.717) is 32.0 Å². The molecule has 26 heavy (non-hydrogen) atoms. The van der Waals surface area contributed by atoms with E-state index in [4.69, 9.17) is 14.5 Å². The van der Waals surface area contributed by atoms with E-state index in [1.165, 1.54) is 20.0 Å². The lowest BCUT2D eigenvalue weighted by Gasteiger charge is -2.37. The minimum absolute atomic E-state index is 0.0215. The van der Waals surface area contributed by atoms with Gasteiger partial charge in [-0.2, -0.15) is 0 Å². The molecule has 1 aromatic rings. The summed E-state index contributed by atoms with van der Waals surface area (Å²) in [6, 6.07) is 0.463. The molecule has 0 saturated carbocycles. The Morgan fingerprint density at radius 2 is 2.12 bits per heavy atom. The maximum Gasteiger partial charge on any atom is 0.248 e. The molecule has 1 atom stereocenters. The number of methoxy groups -OCH3 is 2. The third-order valence-electron chi connectivity index (χ3n) is 5.44. The molecule has 2 aliphatic heterocycles. The molecule has 3 heterocycles. The van der Waals surface area contributed by atoms with Gasteiger partial charge in [-0.1, -0.05) is 0 Å². The van der Waals surface area contributed by atoms with Crippen LogP contribution >= 0.6 is 11.3 Å². The molecule has 0 spiro atoms. The Hall–Kier alpha value is -1.06. The molecule has 1 aromatic heterocycles. The van der Waals surface area contributed by atoms with Crippen LogP contribution in [0.4, 0.5) is 0 Å². The highest BCUT2D eigenvalue weighted by atomic mass is 32.1. The van der Waals surface area contributed by atoms with E-state index < -0.39 is 5.60 Å². The standard InChI is InChI=1S/C18H29N3O4S/c1-24-11-14-4-3-7-21(14)10-16-19-15(13-26-16)18(23)5-8-20(9-6-18)17(22)12-25-2/h13-14,23H,3-12H2,1-2H3/t14-/m1/s1. The van der Waals surface area contributed by atoms with Gasteiger partial charge in [0.1, 0.15) is 17.2 Å². The number of thiazole rings is 1. The summed E-state index contributed by atoms with van der Waals surface area (Å²) in [5.74, 6) is -0.0215. The van der Waals surface area contributed by atoms with Gasteiger partial charge in [0.15, 0.2) is 0 Å². The zero-order valence-electron chi connectivity index (χ0n) is 15.6. The van der Waals surface area contributed by atoms with Crippen LogP contribution in [0.25, 0.3) is 0 Å². The minimum Gasteiger partial charge on any atom is -0.383 e. The Labute approximate surface area is 158 Å². The van der Waals surface area contributed by atoms with Crippen LogP contribution in [-0.4, -0.2) is 78.9 Å². The SMILES string of the molecule is COCC(=O)N1CCC(O)(c2csc(CN3CCC[C@@H]3COC)n2)CC1. The van der Waals surface area contributed by atoms with Gasteiger partial charge in [0, 0.05) is 38.7 Å². The van der Waals surface area contributed by atoms with Crippen LogP contribution in [0.2, 0.25) is 0 Å². The molecule has 7 nitrogen and oxygen atoms in total. The molecule has 0 aromatic carbocycles. The monoisotopic (exact) mass is 383 g/mol. The maximum atomic E-state index is 11.9. The number of hydrogen-bond acceptors (Lipinski definition) is 7. The predicted molar refractivity (Wildman–Crippen MR) is 99.0 cm³/mol. The molecule has 1 N–H and O–H groups in total. The van der Waals surface area contributed by atoms with Gasteiger partial charge in [-0.25, -0.2) is 4.98 Å². The smallest absolute Gasteiger partial charge is 0.248 e. The highest BCUT2D eigenvalue weighted by molar-refractivity contribution is 7.09. The topological polar surface area (TPSA) is 75.1 Å². The molecule has 0 aliphatic carbocycles. The summed E-state index contributed by atoms with van der Waals surface area (Å²) in [5.41, 5.74) is -0.186. The molecular formula is C18H29N3O4S. The highest BCUT2D eigenvalue weighted by Gasteiger charge is 2.37. The normalized spacial score (nSPS) is 23.5. The molecule has 2 fully saturated rings. The first kappa shape index (κ1) is 19.7. The molecule has 2 saturated heterocycles. The molecule has 3 rings (SSSR count). The molecule has 0 radical (unpaired) electrons. The molecule has 0 bridgehead atoms. The van der Waals surface area contributed by atoms with Crippen molar-refractivity contribution in [3.05, 3.63) is 16.1 Å². The second kappa shape index (κ2) is 8.75. The Bertz CT molecular complexity index is 601. The largest absolute Gasteiger partial charge is 0.383 e. The van der Waals surface area contributed by atoms with E-state index in [-0.39, 0.29) is 12.5 Å². The van der Waals surface area contributed by atoms with Crippen molar-refractivity contribution >= 4 is 17.2 Å². The van der Waals surface area contributed by atoms with E-state index in [9.17, 15) is 9.90 Å². The van der Waals surface area contributed by atoms with Gasteiger partial charge in [0.05, 0.1) is 18.8 Å². The van der Waals surface area contributed by atoms with Crippen molar-refractivity contribution in [3.8, 4) is 0 Å². The first-order valence-electron chi connectivity index (χ1n) is 9.22. The molecule has 2 aliphatic rings. The number of rotatable bonds is 7. The molecular weight excluding hydrogens is 354 g/mol. The van der Waals surface area contributed by atoms with Crippen molar-refractivity contribution in [1.29, 1.82) is 0 Å². The quantitative estimate of drug-likeness (QED) is 0.763. The molecule has 8 heteroatoms. The van der Waals surface area contributed by atoms with Crippen LogP contribution in [0, 0.1) is 0 Å². The zero-order chi connectivity index (χ0) is 18.6. The van der Waals surface area contributed by atoms with Crippen LogP contribution < -0.4 is 0 Å². The van der Waals surface area contributed by atoms with Crippen molar-refractivity contribution < 1.29 is 19.4 Å². The Balaban J connectivity index is 1.58. The Morgan fingerprint density at radius 1 is 1.35 bits per heavy atom. The highest BCUT2D eigenvalue weighted by Crippen LogP contribution is 2.34. The Kier molecular flexibility index (Phi) is 6.63. The fourth-order valence-electron chi connectivity index (χ4n) is 3.85. The summed E-state index contributed by atoms with van der Waals surface area (Å²) in [6.45, 7) is 3.81. The summed E-state index contributed by atoms with van der Waals surface area (Å²) in [5, 5.41) is 14.0. The van der Waals surface area contributed by atoms with E-state index in [1.54, 1.807) is 23.3 Å². The van der Waals surface area contributed by atoms with Crippen molar-refractivity contribution in [2.24, 2.45) is 0 Å². The number of amides is 1. The van der Waals surface area contributed by atoms with Crippen LogP contribution in [-0.2, 0) is 26.4 Å². The third kappa shape index (κ3) is 4.43. The average Bonchev–Trinajstić information content (AvgIpc) is 3.27. The summed E-state index contributed by atoms with van der Waals surface area (Å²) >= 11 is 1.61. The molecule has 1 amide bonds. The summed E-state index contributed by atoms with van der Waals surface area (Å²) in [7, 11) is 3.27. The number of carbonyl (C=O) groups is 1. The number of ether oxygens (including phenoxy) is 2. The first-order chi connectivity index (χ1) is 12.6. The number of piperidine rings is 1. The average molecular weight is 384 g/mol. The number of aromatic nitrogens is 1. The van der Waals surface area contributed by atoms with Crippen LogP contribution in [0.5, 0.6) is 0 Å². The second-order valence-corrected chi connectivity index (χ2v) is 8.14. The minimum atomic E-state index is -0.935. The number of hydrogen-bond donors (Lipinski definition) is 1. The number of likely N-dealkylation sites (tertiary alicyclic amines) is 2. The van der Waals surface area contributed by atoms with Gasteiger partial charge in [-0.3, -0.25) is 9.69 Å². The fourth-order valence-corrected chi connectivity index (χ4v) is 4.76. The van der Waals surface area contributed by atoms with E-state index in [0.717, 1.165) is 30.4 Å². The van der Waals surface area contributed by atoms with Gasteiger partial charge in [0.25, 0.3) is 0 Å². The lowest BCUT2D eigenvalue weighted by atomic mass is 9.89.